The van der Waals surface area contributed by atoms with Crippen molar-refractivity contribution in [1.29, 1.82) is 5.26 Å². The number of fused-ring (bicyclic) bond motifs is 1. The number of nitriles is 1. The zero-order valence-electron chi connectivity index (χ0n) is 15.4. The average molecular weight is 499 g/mol. The van der Waals surface area contributed by atoms with Crippen LogP contribution in [0.4, 0.5) is 43.9 Å². The van der Waals surface area contributed by atoms with Crippen molar-refractivity contribution >= 4 is 23.1 Å². The Morgan fingerprint density at radius 3 is 2.06 bits per heavy atom. The summed E-state index contributed by atoms with van der Waals surface area (Å²) in [5.41, 5.74) is -6.16. The molecule has 0 N–H and O–H groups in total. The molecule has 0 saturated heterocycles. The molecule has 0 bridgehead atoms. The first kappa shape index (κ1) is 25.6. The third-order valence-corrected chi connectivity index (χ3v) is 4.52. The summed E-state index contributed by atoms with van der Waals surface area (Å²) in [5.74, 6) is -30.2. The molecule has 0 unspecified atom stereocenters. The first-order valence-electron chi connectivity index (χ1n) is 8.20. The van der Waals surface area contributed by atoms with E-state index >= 15 is 0 Å². The van der Waals surface area contributed by atoms with Crippen LogP contribution in [0.3, 0.4) is 0 Å². The number of aromatic nitrogens is 1. The van der Waals surface area contributed by atoms with Crippen LogP contribution in [0.2, 0.25) is 0 Å². The predicted octanol–water partition coefficient (Wildman–Crippen LogP) is 5.82. The molecule has 0 aliphatic rings. The predicted molar refractivity (Wildman–Crippen MR) is 87.6 cm³/mol. The first-order chi connectivity index (χ1) is 14.4. The van der Waals surface area contributed by atoms with Crippen molar-refractivity contribution in [3.63, 3.8) is 0 Å². The third-order valence-electron chi connectivity index (χ3n) is 4.28. The Bertz CT molecular complexity index is 1090. The highest BCUT2D eigenvalue weighted by molar-refractivity contribution is 6.22. The minimum atomic E-state index is -7.46. The van der Waals surface area contributed by atoms with Crippen LogP contribution in [0.1, 0.15) is 28.5 Å². The number of nitrogens with zero attached hydrogens (tertiary/aromatic N) is 2. The second-order valence-electron chi connectivity index (χ2n) is 6.18. The Morgan fingerprint density at radius 1 is 1.03 bits per heavy atom. The second kappa shape index (κ2) is 7.72. The molecule has 2 heterocycles. The molecule has 0 atom stereocenters. The molecule has 2 aromatic heterocycles. The summed E-state index contributed by atoms with van der Waals surface area (Å²) in [7, 11) is 0. The quantitative estimate of drug-likeness (QED) is 0.275. The van der Waals surface area contributed by atoms with Crippen LogP contribution in [0, 0.1) is 11.3 Å². The highest BCUT2D eigenvalue weighted by Gasteiger charge is 2.87. The molecule has 4 nitrogen and oxygen atoms in total. The molecular weight excluding hydrogens is 490 g/mol. The number of carbonyl (C=O) groups excluding carboxylic acids is 1. The van der Waals surface area contributed by atoms with Crippen LogP contribution in [0.15, 0.2) is 24.4 Å². The summed E-state index contributed by atoms with van der Waals surface area (Å²) in [6.07, 6.45) is 0.800. The van der Waals surface area contributed by atoms with E-state index in [0.717, 1.165) is 37.4 Å². The lowest BCUT2D eigenvalue weighted by Gasteiger charge is -2.37. The topological polar surface area (TPSA) is 54.5 Å². The zero-order valence-corrected chi connectivity index (χ0v) is 16.1. The molecule has 0 aliphatic heterocycles. The molecule has 2 aromatic rings. The Kier molecular flexibility index (Phi) is 6.17. The maximum Gasteiger partial charge on any atom is 0.393 e. The van der Waals surface area contributed by atoms with E-state index in [-0.39, 0.29) is 0 Å². The molecule has 0 amide bonds. The van der Waals surface area contributed by atoms with Crippen LogP contribution in [0.25, 0.3) is 5.52 Å². The summed E-state index contributed by atoms with van der Waals surface area (Å²) >= 11 is 3.79. The van der Waals surface area contributed by atoms with Crippen LogP contribution >= 0.6 is 11.6 Å². The van der Waals surface area contributed by atoms with Gasteiger partial charge in [-0.15, -0.1) is 0 Å². The number of rotatable bonds is 7. The van der Waals surface area contributed by atoms with Crippen LogP contribution in [-0.2, 0) is 10.7 Å². The summed E-state index contributed by atoms with van der Waals surface area (Å²) < 4.78 is 143. The van der Waals surface area contributed by atoms with Crippen LogP contribution in [-0.4, -0.2) is 40.1 Å². The van der Waals surface area contributed by atoms with Crippen molar-refractivity contribution in [3.8, 4) is 6.07 Å². The summed E-state index contributed by atoms with van der Waals surface area (Å²) in [6, 6.07) is 3.98. The first-order valence-corrected chi connectivity index (χ1v) is 8.58. The smallest absolute Gasteiger partial charge is 0.393 e. The molecule has 32 heavy (non-hydrogen) atoms. The lowest BCUT2D eigenvalue weighted by atomic mass is 9.91. The van der Waals surface area contributed by atoms with Crippen molar-refractivity contribution in [2.75, 3.05) is 6.61 Å². The minimum absolute atomic E-state index is 0.415. The fourth-order valence-electron chi connectivity index (χ4n) is 2.76. The van der Waals surface area contributed by atoms with Gasteiger partial charge in [0.2, 0.25) is 0 Å². The van der Waals surface area contributed by atoms with Gasteiger partial charge in [-0.25, -0.2) is 4.79 Å². The Hall–Kier alpha value is -2.69. The van der Waals surface area contributed by atoms with Gasteiger partial charge in [-0.2, -0.15) is 49.2 Å². The molecule has 176 valence electrons. The van der Waals surface area contributed by atoms with Gasteiger partial charge in [0.05, 0.1) is 23.3 Å². The summed E-state index contributed by atoms with van der Waals surface area (Å²) in [4.78, 5) is 12.2. The largest absolute Gasteiger partial charge is 0.462 e. The summed E-state index contributed by atoms with van der Waals surface area (Å²) in [5, 5.41) is 2.81. The van der Waals surface area contributed by atoms with Crippen molar-refractivity contribution in [2.24, 2.45) is 0 Å². The van der Waals surface area contributed by atoms with Gasteiger partial charge in [0.1, 0.15) is 11.8 Å². The van der Waals surface area contributed by atoms with E-state index in [1.807, 2.05) is 0 Å². The zero-order chi connectivity index (χ0) is 24.9. The average Bonchev–Trinajstić information content (AvgIpc) is 3.02. The number of pyridine rings is 1. The number of hydrogen-bond donors (Lipinski definition) is 0. The molecule has 15 heteroatoms. The normalized spacial score (nSPS) is 13.8. The van der Waals surface area contributed by atoms with Crippen molar-refractivity contribution in [3.05, 3.63) is 41.2 Å². The number of carbonyl (C=O) groups is 1. The molecule has 0 aliphatic carbocycles. The lowest BCUT2D eigenvalue weighted by molar-refractivity contribution is -0.393. The van der Waals surface area contributed by atoms with Gasteiger partial charge >= 0.3 is 35.0 Å². The fourth-order valence-corrected chi connectivity index (χ4v) is 2.88. The Labute approximate surface area is 176 Å². The van der Waals surface area contributed by atoms with Gasteiger partial charge in [-0.1, -0.05) is 6.07 Å². The van der Waals surface area contributed by atoms with Gasteiger partial charge in [-0.3, -0.25) is 0 Å². The third kappa shape index (κ3) is 3.33. The number of alkyl halides is 11. The highest BCUT2D eigenvalue weighted by atomic mass is 35.5. The molecule has 0 saturated carbocycles. The minimum Gasteiger partial charge on any atom is -0.462 e. The Morgan fingerprint density at radius 2 is 1.59 bits per heavy atom. The van der Waals surface area contributed by atoms with Crippen LogP contribution in [0.5, 0.6) is 0 Å². The van der Waals surface area contributed by atoms with Gasteiger partial charge in [0.25, 0.3) is 0 Å². The lowest BCUT2D eigenvalue weighted by Crippen LogP contribution is -2.65. The number of ether oxygens (including phenoxy) is 1. The molecule has 0 spiro atoms. The van der Waals surface area contributed by atoms with E-state index in [4.69, 9.17) is 0 Å². The maximum atomic E-state index is 14.9. The van der Waals surface area contributed by atoms with E-state index in [0.29, 0.717) is 4.40 Å². The van der Waals surface area contributed by atoms with Gasteiger partial charge in [0, 0.05) is 6.20 Å². The summed E-state index contributed by atoms with van der Waals surface area (Å²) in [6.45, 7) is 0.629. The van der Waals surface area contributed by atoms with Crippen LogP contribution < -0.4 is 0 Å². The number of hydrogen-bond acceptors (Lipinski definition) is 3. The molecule has 0 fully saturated rings. The molecule has 0 radical (unpaired) electrons. The Balaban J connectivity index is 2.95. The monoisotopic (exact) mass is 498 g/mol. The van der Waals surface area contributed by atoms with Crippen molar-refractivity contribution < 1.29 is 53.4 Å². The van der Waals surface area contributed by atoms with Gasteiger partial charge in [0.15, 0.2) is 0 Å². The van der Waals surface area contributed by atoms with Crippen molar-refractivity contribution in [2.45, 2.75) is 36.0 Å². The second-order valence-corrected chi connectivity index (χ2v) is 6.66. The SMILES string of the molecule is CCOC(=O)c1c(C(F)(F)C(F)(F)C(F)(F)C(F)(F)C(F)(F)Cl)c(C#N)n2ccccc12. The molecule has 2 rings (SSSR count). The van der Waals surface area contributed by atoms with E-state index in [9.17, 15) is 54.0 Å². The highest BCUT2D eigenvalue weighted by Crippen LogP contribution is 2.61. The van der Waals surface area contributed by atoms with Crippen molar-refractivity contribution in [1.82, 2.24) is 4.40 Å². The standard InChI is InChI=1S/C17H9ClF10N2O2/c1-2-32-12(31)10-8-5-3-4-6-30(8)9(7-29)11(10)13(19,20)14(21,22)15(23,24)16(25,26)17(18,27)28/h3-6H,2H2,1H3. The van der Waals surface area contributed by atoms with E-state index in [2.05, 4.69) is 16.3 Å². The molecular formula is C17H9ClF10N2O2. The van der Waals surface area contributed by atoms with E-state index in [1.165, 1.54) is 0 Å². The van der Waals surface area contributed by atoms with E-state index in [1.54, 1.807) is 0 Å². The number of esters is 1. The fraction of sp³-hybridized carbons (Fsp3) is 0.412. The van der Waals surface area contributed by atoms with Gasteiger partial charge < -0.3 is 9.14 Å². The van der Waals surface area contributed by atoms with E-state index < -0.39 is 64.0 Å². The molecule has 0 aromatic carbocycles. The maximum absolute atomic E-state index is 14.9. The number of halogens is 11. The van der Waals surface area contributed by atoms with Gasteiger partial charge in [-0.05, 0) is 30.7 Å².